The Morgan fingerprint density at radius 2 is 2.17 bits per heavy atom. The highest BCUT2D eigenvalue weighted by atomic mass is 35.5. The van der Waals surface area contributed by atoms with Gasteiger partial charge in [0.2, 0.25) is 5.91 Å². The van der Waals surface area contributed by atoms with E-state index < -0.39 is 0 Å². The molecule has 0 bridgehead atoms. The average Bonchev–Trinajstić information content (AvgIpc) is 2.88. The van der Waals surface area contributed by atoms with Gasteiger partial charge in [-0.15, -0.1) is 0 Å². The number of anilines is 1. The minimum Gasteiger partial charge on any atom is -0.495 e. The smallest absolute Gasteiger partial charge is 0.230 e. The number of ether oxygens (including phenoxy) is 1. The number of hydrogen-bond donors (Lipinski definition) is 1. The maximum atomic E-state index is 12.2. The summed E-state index contributed by atoms with van der Waals surface area (Å²) in [6.07, 6.45) is 3.99. The lowest BCUT2D eigenvalue weighted by Crippen LogP contribution is -2.14. The fourth-order valence-electron chi connectivity index (χ4n) is 2.34. The topological polar surface area (TPSA) is 55.6 Å². The molecule has 2 aromatic heterocycles. The predicted molar refractivity (Wildman–Crippen MR) is 90.3 cm³/mol. The van der Waals surface area contributed by atoms with Gasteiger partial charge in [0, 0.05) is 18.1 Å². The fraction of sp³-hybridized carbons (Fsp3) is 0.176. The van der Waals surface area contributed by atoms with E-state index in [1.165, 1.54) is 0 Å². The van der Waals surface area contributed by atoms with Crippen LogP contribution in [-0.4, -0.2) is 22.4 Å². The standard InChI is InChI=1S/C17H16ClN3O2/c1-11-5-6-21-10-13(19-16(21)7-11)9-17(22)20-12-3-4-15(23-2)14(18)8-12/h3-8,10H,9H2,1-2H3,(H,20,22). The number of rotatable bonds is 4. The summed E-state index contributed by atoms with van der Waals surface area (Å²) in [5.74, 6) is 0.423. The maximum absolute atomic E-state index is 12.2. The van der Waals surface area contributed by atoms with Crippen LogP contribution in [0.25, 0.3) is 5.65 Å². The van der Waals surface area contributed by atoms with E-state index in [-0.39, 0.29) is 12.3 Å². The van der Waals surface area contributed by atoms with Crippen molar-refractivity contribution >= 4 is 28.8 Å². The quantitative estimate of drug-likeness (QED) is 0.797. The first kappa shape index (κ1) is 15.4. The third-order valence-electron chi connectivity index (χ3n) is 3.44. The number of nitrogens with one attached hydrogen (secondary N) is 1. The molecule has 0 spiro atoms. The van der Waals surface area contributed by atoms with Crippen molar-refractivity contribution in [3.63, 3.8) is 0 Å². The summed E-state index contributed by atoms with van der Waals surface area (Å²) < 4.78 is 6.99. The molecule has 0 fully saturated rings. The van der Waals surface area contributed by atoms with E-state index >= 15 is 0 Å². The minimum atomic E-state index is -0.147. The van der Waals surface area contributed by atoms with Crippen molar-refractivity contribution in [1.82, 2.24) is 9.38 Å². The highest BCUT2D eigenvalue weighted by molar-refractivity contribution is 6.32. The number of nitrogens with zero attached hydrogens (tertiary/aromatic N) is 2. The minimum absolute atomic E-state index is 0.147. The molecule has 1 aromatic carbocycles. The number of pyridine rings is 1. The number of fused-ring (bicyclic) bond motifs is 1. The summed E-state index contributed by atoms with van der Waals surface area (Å²) in [6, 6.07) is 9.09. The van der Waals surface area contributed by atoms with E-state index in [9.17, 15) is 4.79 Å². The lowest BCUT2D eigenvalue weighted by molar-refractivity contribution is -0.115. The number of benzene rings is 1. The van der Waals surface area contributed by atoms with Gasteiger partial charge in [0.1, 0.15) is 11.4 Å². The van der Waals surface area contributed by atoms with Gasteiger partial charge in [-0.1, -0.05) is 11.6 Å². The number of imidazole rings is 1. The Morgan fingerprint density at radius 3 is 2.91 bits per heavy atom. The van der Waals surface area contributed by atoms with Crippen LogP contribution in [0.2, 0.25) is 5.02 Å². The fourth-order valence-corrected chi connectivity index (χ4v) is 2.59. The molecule has 0 aliphatic heterocycles. The van der Waals surface area contributed by atoms with Crippen LogP contribution < -0.4 is 10.1 Å². The Bertz CT molecular complexity index is 873. The number of aryl methyl sites for hydroxylation is 1. The van der Waals surface area contributed by atoms with Gasteiger partial charge in [0.15, 0.2) is 0 Å². The molecule has 0 aliphatic carbocycles. The molecule has 23 heavy (non-hydrogen) atoms. The van der Waals surface area contributed by atoms with Crippen LogP contribution in [0.15, 0.2) is 42.7 Å². The van der Waals surface area contributed by atoms with Crippen molar-refractivity contribution in [2.24, 2.45) is 0 Å². The Balaban J connectivity index is 1.71. The Kier molecular flexibility index (Phi) is 4.21. The molecule has 6 heteroatoms. The molecular formula is C17H16ClN3O2. The van der Waals surface area contributed by atoms with E-state index in [0.717, 1.165) is 11.2 Å². The first-order valence-electron chi connectivity index (χ1n) is 7.13. The molecule has 0 saturated heterocycles. The van der Waals surface area contributed by atoms with E-state index in [2.05, 4.69) is 10.3 Å². The van der Waals surface area contributed by atoms with E-state index in [1.54, 1.807) is 25.3 Å². The normalized spacial score (nSPS) is 10.7. The number of hydrogen-bond acceptors (Lipinski definition) is 3. The van der Waals surface area contributed by atoms with Crippen molar-refractivity contribution in [2.75, 3.05) is 12.4 Å². The second-order valence-electron chi connectivity index (χ2n) is 5.28. The van der Waals surface area contributed by atoms with Gasteiger partial charge in [-0.2, -0.15) is 0 Å². The van der Waals surface area contributed by atoms with Crippen LogP contribution in [0.1, 0.15) is 11.3 Å². The SMILES string of the molecule is COc1ccc(NC(=O)Cc2cn3ccc(C)cc3n2)cc1Cl. The summed E-state index contributed by atoms with van der Waals surface area (Å²) in [7, 11) is 1.55. The average molecular weight is 330 g/mol. The number of aromatic nitrogens is 2. The van der Waals surface area contributed by atoms with Crippen molar-refractivity contribution < 1.29 is 9.53 Å². The highest BCUT2D eigenvalue weighted by Crippen LogP contribution is 2.27. The molecule has 1 N–H and O–H groups in total. The van der Waals surface area contributed by atoms with Gasteiger partial charge in [0.25, 0.3) is 0 Å². The van der Waals surface area contributed by atoms with Crippen LogP contribution in [-0.2, 0) is 11.2 Å². The highest BCUT2D eigenvalue weighted by Gasteiger charge is 2.09. The Morgan fingerprint density at radius 1 is 1.35 bits per heavy atom. The molecular weight excluding hydrogens is 314 g/mol. The van der Waals surface area contributed by atoms with Gasteiger partial charge in [-0.3, -0.25) is 4.79 Å². The van der Waals surface area contributed by atoms with Crippen LogP contribution >= 0.6 is 11.6 Å². The molecule has 3 aromatic rings. The molecule has 118 valence electrons. The van der Waals surface area contributed by atoms with Gasteiger partial charge in [0.05, 0.1) is 24.2 Å². The second kappa shape index (κ2) is 6.30. The molecule has 5 nitrogen and oxygen atoms in total. The van der Waals surface area contributed by atoms with Crippen LogP contribution in [0.5, 0.6) is 5.75 Å². The summed E-state index contributed by atoms with van der Waals surface area (Å²) in [6.45, 7) is 2.01. The van der Waals surface area contributed by atoms with Crippen LogP contribution in [0.4, 0.5) is 5.69 Å². The van der Waals surface area contributed by atoms with Crippen LogP contribution in [0, 0.1) is 6.92 Å². The molecule has 0 atom stereocenters. The molecule has 2 heterocycles. The van der Waals surface area contributed by atoms with E-state index in [1.807, 2.05) is 35.9 Å². The number of carbonyl (C=O) groups is 1. The molecule has 3 rings (SSSR count). The molecule has 0 unspecified atom stereocenters. The van der Waals surface area contributed by atoms with Gasteiger partial charge < -0.3 is 14.5 Å². The number of methoxy groups -OCH3 is 1. The molecule has 0 saturated carbocycles. The third kappa shape index (κ3) is 3.46. The van der Waals surface area contributed by atoms with E-state index in [4.69, 9.17) is 16.3 Å². The number of halogens is 1. The zero-order valence-electron chi connectivity index (χ0n) is 12.8. The lowest BCUT2D eigenvalue weighted by Gasteiger charge is -2.07. The van der Waals surface area contributed by atoms with Crippen molar-refractivity contribution in [1.29, 1.82) is 0 Å². The monoisotopic (exact) mass is 329 g/mol. The third-order valence-corrected chi connectivity index (χ3v) is 3.74. The first-order chi connectivity index (χ1) is 11.0. The summed E-state index contributed by atoms with van der Waals surface area (Å²) in [5, 5.41) is 3.26. The lowest BCUT2D eigenvalue weighted by atomic mass is 10.2. The van der Waals surface area contributed by atoms with Crippen molar-refractivity contribution in [3.8, 4) is 5.75 Å². The van der Waals surface area contributed by atoms with Crippen molar-refractivity contribution in [3.05, 3.63) is 59.0 Å². The summed E-state index contributed by atoms with van der Waals surface area (Å²) in [4.78, 5) is 16.6. The first-order valence-corrected chi connectivity index (χ1v) is 7.50. The second-order valence-corrected chi connectivity index (χ2v) is 5.68. The predicted octanol–water partition coefficient (Wildman–Crippen LogP) is 3.49. The zero-order valence-corrected chi connectivity index (χ0v) is 13.6. The largest absolute Gasteiger partial charge is 0.495 e. The van der Waals surface area contributed by atoms with Crippen molar-refractivity contribution in [2.45, 2.75) is 13.3 Å². The molecule has 0 radical (unpaired) electrons. The molecule has 1 amide bonds. The van der Waals surface area contributed by atoms with Gasteiger partial charge >= 0.3 is 0 Å². The summed E-state index contributed by atoms with van der Waals surface area (Å²) >= 11 is 6.05. The Hall–Kier alpha value is -2.53. The Labute approximate surface area is 138 Å². The van der Waals surface area contributed by atoms with Gasteiger partial charge in [-0.25, -0.2) is 4.98 Å². The van der Waals surface area contributed by atoms with E-state index in [0.29, 0.717) is 22.2 Å². The number of amides is 1. The van der Waals surface area contributed by atoms with Gasteiger partial charge in [-0.05, 0) is 42.8 Å². The number of carbonyl (C=O) groups excluding carboxylic acids is 1. The molecule has 0 aliphatic rings. The maximum Gasteiger partial charge on any atom is 0.230 e. The zero-order chi connectivity index (χ0) is 16.4. The van der Waals surface area contributed by atoms with Crippen LogP contribution in [0.3, 0.4) is 0 Å². The summed E-state index contributed by atoms with van der Waals surface area (Å²) in [5.41, 5.74) is 3.31.